The molecule has 0 aliphatic rings. The largest absolute Gasteiger partial charge is 0.490 e. The Hall–Kier alpha value is -1.67. The van der Waals surface area contributed by atoms with Crippen LogP contribution >= 0.6 is 28.1 Å². The summed E-state index contributed by atoms with van der Waals surface area (Å²) in [6, 6.07) is 3.88. The zero-order valence-electron chi connectivity index (χ0n) is 16.3. The van der Waals surface area contributed by atoms with Crippen molar-refractivity contribution in [2.45, 2.75) is 52.9 Å². The van der Waals surface area contributed by atoms with Crippen molar-refractivity contribution in [3.05, 3.63) is 32.8 Å². The van der Waals surface area contributed by atoms with E-state index >= 15 is 0 Å². The lowest BCUT2D eigenvalue weighted by atomic mass is 10.0. The third-order valence-corrected chi connectivity index (χ3v) is 4.98. The van der Waals surface area contributed by atoms with Gasteiger partial charge in [0.1, 0.15) is 0 Å². The van der Waals surface area contributed by atoms with Crippen molar-refractivity contribution in [3.8, 4) is 11.5 Å². The lowest BCUT2D eigenvalue weighted by Gasteiger charge is -2.14. The summed E-state index contributed by atoms with van der Waals surface area (Å²) >= 11 is 8.92. The first-order valence-electron chi connectivity index (χ1n) is 9.36. The average molecular weight is 455 g/mol. The molecule has 0 saturated carbocycles. The van der Waals surface area contributed by atoms with Crippen molar-refractivity contribution in [3.63, 3.8) is 0 Å². The normalized spacial score (nSPS) is 11.5. The molecule has 1 aromatic heterocycles. The molecule has 0 atom stereocenters. The number of nitrogens with zero attached hydrogens (tertiary/aromatic N) is 3. The summed E-state index contributed by atoms with van der Waals surface area (Å²) in [5.41, 5.74) is 0.882. The van der Waals surface area contributed by atoms with Crippen LogP contribution in [0, 0.1) is 4.77 Å². The molecule has 1 heterocycles. The highest BCUT2D eigenvalue weighted by molar-refractivity contribution is 9.10. The Morgan fingerprint density at radius 2 is 2.00 bits per heavy atom. The third-order valence-electron chi connectivity index (χ3n) is 4.13. The fourth-order valence-corrected chi connectivity index (χ4v) is 3.49. The first-order chi connectivity index (χ1) is 13.0. The van der Waals surface area contributed by atoms with Crippen LogP contribution in [0.1, 0.15) is 64.3 Å². The fourth-order valence-electron chi connectivity index (χ4n) is 2.73. The maximum atomic E-state index is 5.82. The van der Waals surface area contributed by atoms with Gasteiger partial charge in [-0.2, -0.15) is 14.9 Å². The van der Waals surface area contributed by atoms with E-state index in [0.717, 1.165) is 35.1 Å². The van der Waals surface area contributed by atoms with Gasteiger partial charge in [-0.05, 0) is 72.0 Å². The molecule has 0 aliphatic heterocycles. The predicted octanol–water partition coefficient (Wildman–Crippen LogP) is 5.68. The molecule has 8 heteroatoms. The Morgan fingerprint density at radius 1 is 1.26 bits per heavy atom. The van der Waals surface area contributed by atoms with Crippen LogP contribution in [-0.2, 0) is 0 Å². The zero-order valence-corrected chi connectivity index (χ0v) is 18.7. The van der Waals surface area contributed by atoms with Gasteiger partial charge >= 0.3 is 0 Å². The topological polar surface area (TPSA) is 64.4 Å². The number of nitrogens with one attached hydrogen (secondary N) is 1. The molecule has 1 aromatic carbocycles. The van der Waals surface area contributed by atoms with E-state index in [-0.39, 0.29) is 0 Å². The van der Waals surface area contributed by atoms with E-state index in [2.05, 4.69) is 52.0 Å². The van der Waals surface area contributed by atoms with Crippen LogP contribution < -0.4 is 9.47 Å². The summed E-state index contributed by atoms with van der Waals surface area (Å²) in [6.45, 7) is 9.49. The van der Waals surface area contributed by atoms with Crippen molar-refractivity contribution in [2.75, 3.05) is 13.2 Å². The molecule has 0 fully saturated rings. The van der Waals surface area contributed by atoms with Crippen LogP contribution in [-0.4, -0.2) is 34.3 Å². The Kier molecular flexibility index (Phi) is 8.50. The van der Waals surface area contributed by atoms with Gasteiger partial charge in [0.05, 0.1) is 23.9 Å². The standard InChI is InChI=1S/C19H27BrN4O2S/c1-5-9-26-17-15(20)10-13(11-16(17)25-8-4)12-21-24-18(14(6-2)7-3)22-23-19(24)27/h10-12,14H,5-9H2,1-4H3,(H,23,27)/b21-12-. The summed E-state index contributed by atoms with van der Waals surface area (Å²) in [7, 11) is 0. The predicted molar refractivity (Wildman–Crippen MR) is 115 cm³/mol. The smallest absolute Gasteiger partial charge is 0.216 e. The van der Waals surface area contributed by atoms with Gasteiger partial charge in [0.2, 0.25) is 4.77 Å². The van der Waals surface area contributed by atoms with Crippen LogP contribution in [0.5, 0.6) is 11.5 Å². The van der Waals surface area contributed by atoms with E-state index in [4.69, 9.17) is 21.7 Å². The second-order valence-corrected chi connectivity index (χ2v) is 7.31. The molecule has 2 aromatic rings. The molecule has 0 aliphatic carbocycles. The molecular weight excluding hydrogens is 428 g/mol. The van der Waals surface area contributed by atoms with Gasteiger partial charge in [0.15, 0.2) is 17.3 Å². The number of aromatic amines is 1. The maximum Gasteiger partial charge on any atom is 0.216 e. The molecule has 0 unspecified atom stereocenters. The first-order valence-corrected chi connectivity index (χ1v) is 10.6. The number of halogens is 1. The Bertz CT molecular complexity index is 828. The van der Waals surface area contributed by atoms with Gasteiger partial charge in [0.25, 0.3) is 0 Å². The third kappa shape index (κ3) is 5.42. The summed E-state index contributed by atoms with van der Waals surface area (Å²) in [5.74, 6) is 2.57. The molecule has 6 nitrogen and oxygen atoms in total. The molecule has 2 rings (SSSR count). The second-order valence-electron chi connectivity index (χ2n) is 6.07. The van der Waals surface area contributed by atoms with Crippen LogP contribution in [0.3, 0.4) is 0 Å². The molecular formula is C19H27BrN4O2S. The molecule has 148 valence electrons. The average Bonchev–Trinajstić information content (AvgIpc) is 3.01. The number of ether oxygens (including phenoxy) is 2. The molecule has 0 spiro atoms. The minimum Gasteiger partial charge on any atom is -0.490 e. The number of rotatable bonds is 10. The number of hydrogen-bond donors (Lipinski definition) is 1. The molecule has 0 saturated heterocycles. The van der Waals surface area contributed by atoms with Gasteiger partial charge in [-0.25, -0.2) is 0 Å². The minimum atomic E-state index is 0.311. The lowest BCUT2D eigenvalue weighted by molar-refractivity contribution is 0.275. The van der Waals surface area contributed by atoms with Crippen molar-refractivity contribution in [1.82, 2.24) is 14.9 Å². The highest BCUT2D eigenvalue weighted by Crippen LogP contribution is 2.36. The number of H-pyrrole nitrogens is 1. The zero-order chi connectivity index (χ0) is 19.8. The van der Waals surface area contributed by atoms with Crippen LogP contribution in [0.2, 0.25) is 0 Å². The van der Waals surface area contributed by atoms with Gasteiger partial charge in [-0.1, -0.05) is 20.8 Å². The second kappa shape index (κ2) is 10.6. The van der Waals surface area contributed by atoms with E-state index < -0.39 is 0 Å². The van der Waals surface area contributed by atoms with Crippen molar-refractivity contribution < 1.29 is 9.47 Å². The number of benzene rings is 1. The maximum absolute atomic E-state index is 5.82. The SMILES string of the molecule is CCCOc1c(Br)cc(/C=N\n2c(C(CC)CC)n[nH]c2=S)cc1OCC. The fraction of sp³-hybridized carbons (Fsp3) is 0.526. The molecule has 0 radical (unpaired) electrons. The van der Waals surface area contributed by atoms with Crippen LogP contribution in [0.4, 0.5) is 0 Å². The van der Waals surface area contributed by atoms with E-state index in [9.17, 15) is 0 Å². The van der Waals surface area contributed by atoms with Crippen LogP contribution in [0.25, 0.3) is 0 Å². The highest BCUT2D eigenvalue weighted by Gasteiger charge is 2.15. The number of aromatic nitrogens is 3. The Balaban J connectivity index is 2.37. The monoisotopic (exact) mass is 454 g/mol. The summed E-state index contributed by atoms with van der Waals surface area (Å²) < 4.78 is 14.6. The summed E-state index contributed by atoms with van der Waals surface area (Å²) in [6.07, 6.45) is 4.65. The Morgan fingerprint density at radius 3 is 2.63 bits per heavy atom. The van der Waals surface area contributed by atoms with Crippen molar-refractivity contribution in [1.29, 1.82) is 0 Å². The molecule has 1 N–H and O–H groups in total. The Labute approximate surface area is 174 Å². The van der Waals surface area contributed by atoms with E-state index in [0.29, 0.717) is 35.4 Å². The molecule has 0 amide bonds. The van der Waals surface area contributed by atoms with Gasteiger partial charge in [-0.3, -0.25) is 5.10 Å². The minimum absolute atomic E-state index is 0.311. The summed E-state index contributed by atoms with van der Waals surface area (Å²) in [4.78, 5) is 0. The van der Waals surface area contributed by atoms with E-state index in [1.807, 2.05) is 19.1 Å². The highest BCUT2D eigenvalue weighted by atomic mass is 79.9. The van der Waals surface area contributed by atoms with E-state index in [1.54, 1.807) is 10.9 Å². The number of hydrogen-bond acceptors (Lipinski definition) is 5. The molecule has 27 heavy (non-hydrogen) atoms. The van der Waals surface area contributed by atoms with Gasteiger partial charge in [0, 0.05) is 5.92 Å². The summed E-state index contributed by atoms with van der Waals surface area (Å²) in [5, 5.41) is 11.8. The molecule has 0 bridgehead atoms. The first kappa shape index (κ1) is 21.6. The van der Waals surface area contributed by atoms with Gasteiger partial charge < -0.3 is 9.47 Å². The van der Waals surface area contributed by atoms with Crippen LogP contribution in [0.15, 0.2) is 21.7 Å². The van der Waals surface area contributed by atoms with Crippen molar-refractivity contribution >= 4 is 34.4 Å². The van der Waals surface area contributed by atoms with E-state index in [1.165, 1.54) is 0 Å². The quantitative estimate of drug-likeness (QED) is 0.370. The van der Waals surface area contributed by atoms with Gasteiger partial charge in [-0.15, -0.1) is 0 Å². The van der Waals surface area contributed by atoms with Crippen molar-refractivity contribution in [2.24, 2.45) is 5.10 Å². The lowest BCUT2D eigenvalue weighted by Crippen LogP contribution is -2.05.